The van der Waals surface area contributed by atoms with Crippen molar-refractivity contribution in [3.05, 3.63) is 63.7 Å². The summed E-state index contributed by atoms with van der Waals surface area (Å²) in [5, 5.41) is 14.8. The topological polar surface area (TPSA) is 59.8 Å². The van der Waals surface area contributed by atoms with Crippen molar-refractivity contribution in [2.45, 2.75) is 26.3 Å². The average molecular weight is 344 g/mol. The normalized spacial score (nSPS) is 10.8. The Kier molecular flexibility index (Phi) is 5.00. The maximum absolute atomic E-state index is 13.7. The van der Waals surface area contributed by atoms with Crippen LogP contribution in [0.4, 0.5) is 10.2 Å². The Morgan fingerprint density at radius 1 is 1.33 bits per heavy atom. The predicted molar refractivity (Wildman–Crippen MR) is 91.5 cm³/mol. The number of rotatable bonds is 6. The number of nitrogens with one attached hydrogen (secondary N) is 1. The Balaban J connectivity index is 1.62. The van der Waals surface area contributed by atoms with E-state index in [0.29, 0.717) is 29.9 Å². The highest BCUT2D eigenvalue weighted by atomic mass is 32.1. The van der Waals surface area contributed by atoms with Crippen molar-refractivity contribution in [3.63, 3.8) is 0 Å². The van der Waals surface area contributed by atoms with Gasteiger partial charge in [-0.05, 0) is 41.8 Å². The van der Waals surface area contributed by atoms with Crippen LogP contribution in [-0.4, -0.2) is 20.9 Å². The molecule has 2 aromatic heterocycles. The summed E-state index contributed by atoms with van der Waals surface area (Å²) in [6.45, 7) is 2.08. The number of halogens is 1. The summed E-state index contributed by atoms with van der Waals surface area (Å²) < 4.78 is 15.3. The van der Waals surface area contributed by atoms with Gasteiger partial charge in [-0.3, -0.25) is 4.79 Å². The van der Waals surface area contributed by atoms with Crippen molar-refractivity contribution in [3.8, 4) is 0 Å². The number of anilines is 1. The molecule has 1 aromatic carbocycles. The minimum absolute atomic E-state index is 0.109. The standard InChI is InChI=1S/C17H17FN4OS/c1-12-17(19-16(23)7-6-13-8-9-24-11-13)20-21-22(12)10-14-4-2-3-5-15(14)18/h2-5,8-9,11H,6-7,10H2,1H3,(H,19,23). The van der Waals surface area contributed by atoms with E-state index in [4.69, 9.17) is 0 Å². The van der Waals surface area contributed by atoms with E-state index in [1.807, 2.05) is 16.8 Å². The molecule has 5 nitrogen and oxygen atoms in total. The van der Waals surface area contributed by atoms with Crippen LogP contribution in [0.1, 0.15) is 23.2 Å². The van der Waals surface area contributed by atoms with Crippen molar-refractivity contribution in [2.75, 3.05) is 5.32 Å². The zero-order chi connectivity index (χ0) is 16.9. The number of nitrogens with zero attached hydrogens (tertiary/aromatic N) is 3. The molecule has 3 aromatic rings. The third kappa shape index (κ3) is 3.86. The van der Waals surface area contributed by atoms with Gasteiger partial charge in [-0.1, -0.05) is 23.4 Å². The lowest BCUT2D eigenvalue weighted by atomic mass is 10.2. The second kappa shape index (κ2) is 7.35. The van der Waals surface area contributed by atoms with E-state index in [1.165, 1.54) is 6.07 Å². The first-order valence-electron chi connectivity index (χ1n) is 7.58. The van der Waals surface area contributed by atoms with E-state index in [-0.39, 0.29) is 18.3 Å². The highest BCUT2D eigenvalue weighted by molar-refractivity contribution is 7.07. The lowest BCUT2D eigenvalue weighted by Gasteiger charge is -2.06. The van der Waals surface area contributed by atoms with Gasteiger partial charge >= 0.3 is 0 Å². The number of thiophene rings is 1. The largest absolute Gasteiger partial charge is 0.308 e. The van der Waals surface area contributed by atoms with E-state index in [9.17, 15) is 9.18 Å². The summed E-state index contributed by atoms with van der Waals surface area (Å²) in [7, 11) is 0. The maximum atomic E-state index is 13.7. The monoisotopic (exact) mass is 344 g/mol. The van der Waals surface area contributed by atoms with Crippen LogP contribution in [0.5, 0.6) is 0 Å². The molecule has 0 aliphatic carbocycles. The van der Waals surface area contributed by atoms with Gasteiger partial charge in [0.2, 0.25) is 5.91 Å². The van der Waals surface area contributed by atoms with Gasteiger partial charge in [0.1, 0.15) is 5.82 Å². The molecule has 0 saturated carbocycles. The number of carbonyl (C=O) groups is 1. The van der Waals surface area contributed by atoms with Crippen molar-refractivity contribution in [1.29, 1.82) is 0 Å². The third-order valence-corrected chi connectivity index (χ3v) is 4.47. The van der Waals surface area contributed by atoms with Crippen molar-refractivity contribution in [2.24, 2.45) is 0 Å². The van der Waals surface area contributed by atoms with Crippen LogP contribution in [0.2, 0.25) is 0 Å². The molecule has 1 N–H and O–H groups in total. The van der Waals surface area contributed by atoms with Crippen LogP contribution < -0.4 is 5.32 Å². The quantitative estimate of drug-likeness (QED) is 0.745. The van der Waals surface area contributed by atoms with Crippen LogP contribution in [0, 0.1) is 12.7 Å². The van der Waals surface area contributed by atoms with Gasteiger partial charge in [-0.15, -0.1) is 5.10 Å². The molecule has 0 spiro atoms. The SMILES string of the molecule is Cc1c(NC(=O)CCc2ccsc2)nnn1Cc1ccccc1F. The van der Waals surface area contributed by atoms with Gasteiger partial charge in [0.25, 0.3) is 0 Å². The maximum Gasteiger partial charge on any atom is 0.225 e. The minimum atomic E-state index is -0.284. The van der Waals surface area contributed by atoms with Crippen LogP contribution in [0.15, 0.2) is 41.1 Å². The molecule has 0 aliphatic heterocycles. The highest BCUT2D eigenvalue weighted by Crippen LogP contribution is 2.15. The molecule has 0 atom stereocenters. The van der Waals surface area contributed by atoms with Crippen molar-refractivity contribution < 1.29 is 9.18 Å². The molecule has 2 heterocycles. The first-order valence-corrected chi connectivity index (χ1v) is 8.52. The molecule has 0 aliphatic rings. The van der Waals surface area contributed by atoms with E-state index in [1.54, 1.807) is 41.1 Å². The average Bonchev–Trinajstić information content (AvgIpc) is 3.20. The zero-order valence-electron chi connectivity index (χ0n) is 13.2. The van der Waals surface area contributed by atoms with E-state index in [2.05, 4.69) is 15.6 Å². The Labute approximate surface area is 143 Å². The lowest BCUT2D eigenvalue weighted by Crippen LogP contribution is -2.13. The second-order valence-electron chi connectivity index (χ2n) is 5.45. The fraction of sp³-hybridized carbons (Fsp3) is 0.235. The predicted octanol–water partition coefficient (Wildman–Crippen LogP) is 3.41. The summed E-state index contributed by atoms with van der Waals surface area (Å²) in [5.74, 6) is 0.0256. The Morgan fingerprint density at radius 3 is 2.92 bits per heavy atom. The van der Waals surface area contributed by atoms with Gasteiger partial charge in [0.05, 0.1) is 12.2 Å². The number of hydrogen-bond donors (Lipinski definition) is 1. The molecular weight excluding hydrogens is 327 g/mol. The van der Waals surface area contributed by atoms with E-state index in [0.717, 1.165) is 5.56 Å². The Bertz CT molecular complexity index is 829. The Hall–Kier alpha value is -2.54. The molecule has 0 fully saturated rings. The van der Waals surface area contributed by atoms with Gasteiger partial charge in [-0.25, -0.2) is 9.07 Å². The first-order chi connectivity index (χ1) is 11.6. The molecule has 0 saturated heterocycles. The molecule has 3 rings (SSSR count). The second-order valence-corrected chi connectivity index (χ2v) is 6.23. The molecule has 1 amide bonds. The van der Waals surface area contributed by atoms with Gasteiger partial charge in [-0.2, -0.15) is 11.3 Å². The molecule has 0 radical (unpaired) electrons. The molecule has 24 heavy (non-hydrogen) atoms. The number of aryl methyl sites for hydroxylation is 1. The van der Waals surface area contributed by atoms with Crippen LogP contribution >= 0.6 is 11.3 Å². The molecular formula is C17H17FN4OS. The van der Waals surface area contributed by atoms with E-state index >= 15 is 0 Å². The zero-order valence-corrected chi connectivity index (χ0v) is 14.0. The van der Waals surface area contributed by atoms with Crippen LogP contribution in [-0.2, 0) is 17.8 Å². The van der Waals surface area contributed by atoms with Crippen molar-refractivity contribution in [1.82, 2.24) is 15.0 Å². The van der Waals surface area contributed by atoms with Crippen molar-refractivity contribution >= 4 is 23.1 Å². The lowest BCUT2D eigenvalue weighted by molar-refractivity contribution is -0.116. The molecule has 7 heteroatoms. The van der Waals surface area contributed by atoms with Crippen LogP contribution in [0.25, 0.3) is 0 Å². The van der Waals surface area contributed by atoms with E-state index < -0.39 is 0 Å². The molecule has 124 valence electrons. The van der Waals surface area contributed by atoms with Gasteiger partial charge in [0.15, 0.2) is 5.82 Å². The molecule has 0 unspecified atom stereocenters. The number of carbonyl (C=O) groups excluding carboxylic acids is 1. The minimum Gasteiger partial charge on any atom is -0.308 e. The summed E-state index contributed by atoms with van der Waals surface area (Å²) >= 11 is 1.62. The third-order valence-electron chi connectivity index (χ3n) is 3.74. The summed E-state index contributed by atoms with van der Waals surface area (Å²) in [6.07, 6.45) is 1.08. The number of hydrogen-bond acceptors (Lipinski definition) is 4. The molecule has 0 bridgehead atoms. The van der Waals surface area contributed by atoms with Gasteiger partial charge < -0.3 is 5.32 Å². The first kappa shape index (κ1) is 16.3. The Morgan fingerprint density at radius 2 is 2.17 bits per heavy atom. The smallest absolute Gasteiger partial charge is 0.225 e. The van der Waals surface area contributed by atoms with Gasteiger partial charge in [0, 0.05) is 12.0 Å². The highest BCUT2D eigenvalue weighted by Gasteiger charge is 2.13. The van der Waals surface area contributed by atoms with Crippen LogP contribution in [0.3, 0.4) is 0 Å². The number of benzene rings is 1. The fourth-order valence-corrected chi connectivity index (χ4v) is 3.00. The summed E-state index contributed by atoms with van der Waals surface area (Å²) in [6, 6.07) is 8.54. The summed E-state index contributed by atoms with van der Waals surface area (Å²) in [4.78, 5) is 12.0. The fourth-order valence-electron chi connectivity index (χ4n) is 2.30. The number of aromatic nitrogens is 3. The summed E-state index contributed by atoms with van der Waals surface area (Å²) in [5.41, 5.74) is 2.37. The number of amides is 1.